The zero-order valence-electron chi connectivity index (χ0n) is 21.3. The van der Waals surface area contributed by atoms with Gasteiger partial charge in [0.05, 0.1) is 24.4 Å². The van der Waals surface area contributed by atoms with Crippen molar-refractivity contribution in [2.24, 2.45) is 0 Å². The Morgan fingerprint density at radius 3 is 2.49 bits per heavy atom. The molecular weight excluding hydrogens is 515 g/mol. The van der Waals surface area contributed by atoms with E-state index in [1.807, 2.05) is 36.4 Å². The molecule has 1 amide bonds. The third-order valence-corrected chi connectivity index (χ3v) is 7.75. The summed E-state index contributed by atoms with van der Waals surface area (Å²) in [5.74, 6) is 0.461. The number of amides is 1. The topological polar surface area (TPSA) is 76.8 Å². The normalized spacial score (nSPS) is 14.3. The van der Waals surface area contributed by atoms with Crippen molar-refractivity contribution in [1.29, 1.82) is 0 Å². The minimum Gasteiger partial charge on any atom is -0.494 e. The lowest BCUT2D eigenvalue weighted by Gasteiger charge is -2.17. The van der Waals surface area contributed by atoms with Gasteiger partial charge in [-0.05, 0) is 42.8 Å². The standard InChI is InChI=1S/C30H25FN4O3S/c1-2-3-8-17-38-21-15-13-19(14-16-21)27-32-30-35(33-27)29(37)26(39-30)25-22-10-5-7-12-24(22)34(28(25)36)18-20-9-4-6-11-23(20)31/h4-7,9-16H,2-3,8,17-18H2,1H3/b26-25-. The van der Waals surface area contributed by atoms with E-state index in [9.17, 15) is 14.0 Å². The number of ether oxygens (including phenoxy) is 1. The van der Waals surface area contributed by atoms with Gasteiger partial charge in [0.15, 0.2) is 5.82 Å². The average molecular weight is 541 g/mol. The van der Waals surface area contributed by atoms with Gasteiger partial charge in [-0.3, -0.25) is 9.59 Å². The van der Waals surface area contributed by atoms with Crippen LogP contribution in [0.4, 0.5) is 10.1 Å². The van der Waals surface area contributed by atoms with Crippen LogP contribution in [0.1, 0.15) is 37.3 Å². The number of anilines is 1. The predicted octanol–water partition coefficient (Wildman–Crippen LogP) is 4.99. The molecule has 0 spiro atoms. The number of benzene rings is 3. The maximum absolute atomic E-state index is 14.4. The van der Waals surface area contributed by atoms with Gasteiger partial charge in [-0.1, -0.05) is 67.5 Å². The average Bonchev–Trinajstić information content (AvgIpc) is 3.59. The number of hydrogen-bond donors (Lipinski definition) is 0. The van der Waals surface area contributed by atoms with E-state index in [4.69, 9.17) is 4.74 Å². The summed E-state index contributed by atoms with van der Waals surface area (Å²) in [6, 6.07) is 21.1. The van der Waals surface area contributed by atoms with Gasteiger partial charge in [0.25, 0.3) is 11.5 Å². The lowest BCUT2D eigenvalue weighted by atomic mass is 10.1. The van der Waals surface area contributed by atoms with Crippen LogP contribution >= 0.6 is 11.3 Å². The van der Waals surface area contributed by atoms with Crippen LogP contribution in [0.15, 0.2) is 77.6 Å². The molecule has 6 rings (SSSR count). The highest BCUT2D eigenvalue weighted by molar-refractivity contribution is 7.15. The molecule has 0 aliphatic carbocycles. The lowest BCUT2D eigenvalue weighted by molar-refractivity contribution is -0.113. The smallest absolute Gasteiger partial charge is 0.291 e. The first-order valence-corrected chi connectivity index (χ1v) is 13.7. The molecule has 0 unspecified atom stereocenters. The molecule has 1 aliphatic rings. The second-order valence-corrected chi connectivity index (χ2v) is 10.3. The number of nitrogens with zero attached hydrogens (tertiary/aromatic N) is 4. The monoisotopic (exact) mass is 540 g/mol. The summed E-state index contributed by atoms with van der Waals surface area (Å²) in [5.41, 5.74) is 2.31. The van der Waals surface area contributed by atoms with Crippen LogP contribution in [-0.4, -0.2) is 27.1 Å². The molecule has 2 aromatic heterocycles. The number of aromatic nitrogens is 3. The Hall–Kier alpha value is -4.37. The van der Waals surface area contributed by atoms with Crippen molar-refractivity contribution in [3.05, 3.63) is 105 Å². The molecule has 0 fully saturated rings. The Labute approximate surface area is 227 Å². The third kappa shape index (κ3) is 4.59. The number of carbonyl (C=O) groups is 1. The van der Waals surface area contributed by atoms with Crippen LogP contribution in [0.25, 0.3) is 21.9 Å². The SMILES string of the molecule is CCCCCOc1ccc(-c2nc3s/c(=C4\C(=O)N(Cc5ccccc5F)c5ccccc54)c(=O)n3n2)cc1. The molecule has 0 atom stereocenters. The highest BCUT2D eigenvalue weighted by Crippen LogP contribution is 2.36. The predicted molar refractivity (Wildman–Crippen MR) is 149 cm³/mol. The van der Waals surface area contributed by atoms with Crippen molar-refractivity contribution in [3.8, 4) is 17.1 Å². The van der Waals surface area contributed by atoms with E-state index in [1.165, 1.54) is 15.5 Å². The van der Waals surface area contributed by atoms with Gasteiger partial charge >= 0.3 is 0 Å². The van der Waals surface area contributed by atoms with Gasteiger partial charge in [-0.25, -0.2) is 4.39 Å². The van der Waals surface area contributed by atoms with Crippen LogP contribution in [0.2, 0.25) is 0 Å². The Morgan fingerprint density at radius 1 is 0.949 bits per heavy atom. The van der Waals surface area contributed by atoms with Crippen molar-refractivity contribution < 1.29 is 13.9 Å². The molecule has 3 heterocycles. The number of unbranched alkanes of at least 4 members (excludes halogenated alkanes) is 2. The quantitative estimate of drug-likeness (QED) is 0.259. The molecule has 196 valence electrons. The van der Waals surface area contributed by atoms with Gasteiger partial charge in [0, 0.05) is 16.7 Å². The zero-order chi connectivity index (χ0) is 26.9. The molecular formula is C30H25FN4O3S. The van der Waals surface area contributed by atoms with Gasteiger partial charge < -0.3 is 9.64 Å². The number of thiazole rings is 1. The first kappa shape index (κ1) is 24.9. The number of hydrogen-bond acceptors (Lipinski definition) is 6. The van der Waals surface area contributed by atoms with Crippen LogP contribution in [0.3, 0.4) is 0 Å². The van der Waals surface area contributed by atoms with E-state index in [-0.39, 0.29) is 28.4 Å². The van der Waals surface area contributed by atoms with Crippen LogP contribution in [0, 0.1) is 5.82 Å². The Bertz CT molecular complexity index is 1800. The van der Waals surface area contributed by atoms with Crippen LogP contribution < -0.4 is 19.7 Å². The number of halogens is 1. The van der Waals surface area contributed by atoms with Crippen molar-refractivity contribution in [3.63, 3.8) is 0 Å². The summed E-state index contributed by atoms with van der Waals surface area (Å²) in [4.78, 5) is 33.6. The molecule has 1 aliphatic heterocycles. The van der Waals surface area contributed by atoms with Gasteiger partial charge in [0.2, 0.25) is 4.96 Å². The molecule has 0 N–H and O–H groups in total. The van der Waals surface area contributed by atoms with Crippen molar-refractivity contribution in [2.75, 3.05) is 11.5 Å². The summed E-state index contributed by atoms with van der Waals surface area (Å²) >= 11 is 1.13. The maximum atomic E-state index is 14.4. The molecule has 0 saturated carbocycles. The Balaban J connectivity index is 1.34. The highest BCUT2D eigenvalue weighted by atomic mass is 32.1. The number of fused-ring (bicyclic) bond motifs is 2. The minimum absolute atomic E-state index is 0.0590. The first-order chi connectivity index (χ1) is 19.0. The molecule has 39 heavy (non-hydrogen) atoms. The first-order valence-electron chi connectivity index (χ1n) is 12.9. The molecule has 5 aromatic rings. The lowest BCUT2D eigenvalue weighted by Crippen LogP contribution is -2.32. The second-order valence-electron chi connectivity index (χ2n) is 9.32. The maximum Gasteiger partial charge on any atom is 0.291 e. The van der Waals surface area contributed by atoms with E-state index in [1.54, 1.807) is 30.3 Å². The van der Waals surface area contributed by atoms with Crippen LogP contribution in [-0.2, 0) is 11.3 Å². The third-order valence-electron chi connectivity index (χ3n) is 6.72. The number of rotatable bonds is 8. The Morgan fingerprint density at radius 2 is 1.72 bits per heavy atom. The van der Waals surface area contributed by atoms with E-state index in [0.717, 1.165) is 41.9 Å². The summed E-state index contributed by atoms with van der Waals surface area (Å²) < 4.78 is 21.7. The van der Waals surface area contributed by atoms with E-state index >= 15 is 0 Å². The number of para-hydroxylation sites is 1. The van der Waals surface area contributed by atoms with Gasteiger partial charge in [-0.15, -0.1) is 5.10 Å². The van der Waals surface area contributed by atoms with Crippen molar-refractivity contribution in [1.82, 2.24) is 14.6 Å². The van der Waals surface area contributed by atoms with Gasteiger partial charge in [-0.2, -0.15) is 9.50 Å². The molecule has 0 bridgehead atoms. The fourth-order valence-electron chi connectivity index (χ4n) is 4.70. The van der Waals surface area contributed by atoms with E-state index < -0.39 is 5.56 Å². The molecule has 9 heteroatoms. The molecule has 0 radical (unpaired) electrons. The van der Waals surface area contributed by atoms with E-state index in [2.05, 4.69) is 17.0 Å². The summed E-state index contributed by atoms with van der Waals surface area (Å²) in [5, 5.41) is 4.44. The molecule has 3 aromatic carbocycles. The molecule has 0 saturated heterocycles. The highest BCUT2D eigenvalue weighted by Gasteiger charge is 2.34. The van der Waals surface area contributed by atoms with Crippen molar-refractivity contribution >= 4 is 33.5 Å². The second kappa shape index (κ2) is 10.4. The zero-order valence-corrected chi connectivity index (χ0v) is 22.1. The number of carbonyl (C=O) groups excluding carboxylic acids is 1. The summed E-state index contributed by atoms with van der Waals surface area (Å²) in [6.45, 7) is 2.88. The Kier molecular flexibility index (Phi) is 6.66. The fourth-order valence-corrected chi connectivity index (χ4v) is 5.70. The fraction of sp³-hybridized carbons (Fsp3) is 0.200. The van der Waals surface area contributed by atoms with E-state index in [0.29, 0.717) is 34.2 Å². The molecule has 7 nitrogen and oxygen atoms in total. The van der Waals surface area contributed by atoms with Crippen molar-refractivity contribution in [2.45, 2.75) is 32.7 Å². The minimum atomic E-state index is -0.407. The van der Waals surface area contributed by atoms with Gasteiger partial charge in [0.1, 0.15) is 16.1 Å². The largest absolute Gasteiger partial charge is 0.494 e. The summed E-state index contributed by atoms with van der Waals surface area (Å²) in [7, 11) is 0. The summed E-state index contributed by atoms with van der Waals surface area (Å²) in [6.07, 6.45) is 3.28. The van der Waals surface area contributed by atoms with Crippen LogP contribution in [0.5, 0.6) is 5.75 Å².